The monoisotopic (exact) mass is 360 g/mol. The van der Waals surface area contributed by atoms with E-state index >= 15 is 0 Å². The fourth-order valence-electron chi connectivity index (χ4n) is 2.91. The number of carboxylic acids is 1. The lowest BCUT2D eigenvalue weighted by Gasteiger charge is -2.36. The third-order valence-corrected chi connectivity index (χ3v) is 4.28. The van der Waals surface area contributed by atoms with E-state index in [1.807, 2.05) is 6.92 Å². The van der Waals surface area contributed by atoms with Crippen molar-refractivity contribution in [2.45, 2.75) is 69.9 Å². The van der Waals surface area contributed by atoms with Crippen molar-refractivity contribution in [3.8, 4) is 0 Å². The van der Waals surface area contributed by atoms with Gasteiger partial charge in [0.05, 0.1) is 12.0 Å². The minimum absolute atomic E-state index is 0.107. The third-order valence-electron chi connectivity index (χ3n) is 4.28. The average molecular weight is 360 g/mol. The summed E-state index contributed by atoms with van der Waals surface area (Å²) in [6, 6.07) is -0.563. The molecule has 146 valence electrons. The lowest BCUT2D eigenvalue weighted by atomic mass is 9.66. The summed E-state index contributed by atoms with van der Waals surface area (Å²) in [5.41, 5.74) is 5.30. The predicted molar refractivity (Wildman–Crippen MR) is 95.9 cm³/mol. The molecule has 0 rings (SSSR count). The number of carbonyl (C=O) groups excluding carboxylic acids is 1. The van der Waals surface area contributed by atoms with Gasteiger partial charge >= 0.3 is 13.1 Å². The van der Waals surface area contributed by atoms with Crippen LogP contribution in [-0.4, -0.2) is 65.8 Å². The first kappa shape index (κ1) is 24.0. The summed E-state index contributed by atoms with van der Waals surface area (Å²) in [5.74, 6) is -1.58. The normalized spacial score (nSPS) is 17.4. The summed E-state index contributed by atoms with van der Waals surface area (Å²) < 4.78 is 5.05. The lowest BCUT2D eigenvalue weighted by molar-refractivity contribution is -0.137. The number of nitrogens with one attached hydrogen (secondary N) is 1. The van der Waals surface area contributed by atoms with Crippen molar-refractivity contribution >= 4 is 19.4 Å². The number of hydrogen-bond acceptors (Lipinski definition) is 7. The van der Waals surface area contributed by atoms with Crippen molar-refractivity contribution in [1.29, 1.82) is 0 Å². The Kier molecular flexibility index (Phi) is 11.9. The molecule has 6 N–H and O–H groups in total. The number of methoxy groups -OCH3 is 1. The topological polar surface area (TPSA) is 142 Å². The summed E-state index contributed by atoms with van der Waals surface area (Å²) in [5, 5.41) is 31.0. The maximum absolute atomic E-state index is 11.3. The highest BCUT2D eigenvalue weighted by Gasteiger charge is 2.39. The zero-order valence-corrected chi connectivity index (χ0v) is 15.5. The Hall–Kier alpha value is -0.995. The van der Waals surface area contributed by atoms with Crippen molar-refractivity contribution in [2.75, 3.05) is 13.7 Å². The molecule has 0 aliphatic heterocycles. The number of carboxylic acid groups (broad SMARTS) is 1. The largest absolute Gasteiger partial charge is 0.481 e. The number of nitrogens with two attached hydrogens (primary N) is 1. The molecule has 0 bridgehead atoms. The van der Waals surface area contributed by atoms with Gasteiger partial charge in [-0.3, -0.25) is 4.79 Å². The Morgan fingerprint density at radius 1 is 1.36 bits per heavy atom. The second-order valence-corrected chi connectivity index (χ2v) is 7.06. The first-order valence-corrected chi connectivity index (χ1v) is 8.71. The first-order chi connectivity index (χ1) is 11.6. The van der Waals surface area contributed by atoms with Gasteiger partial charge in [-0.1, -0.05) is 19.8 Å². The molecule has 0 fully saturated rings. The summed E-state index contributed by atoms with van der Waals surface area (Å²) in [4.78, 5) is 21.8. The molecule has 25 heavy (non-hydrogen) atoms. The van der Waals surface area contributed by atoms with E-state index in [1.165, 1.54) is 0 Å². The van der Waals surface area contributed by atoms with Crippen LogP contribution in [-0.2, 0) is 14.3 Å². The molecule has 4 atom stereocenters. The van der Waals surface area contributed by atoms with Gasteiger partial charge in [-0.15, -0.1) is 0 Å². The number of rotatable bonds is 15. The Labute approximate surface area is 150 Å². The van der Waals surface area contributed by atoms with Gasteiger partial charge in [0, 0.05) is 25.7 Å². The van der Waals surface area contributed by atoms with E-state index in [0.717, 1.165) is 6.29 Å². The van der Waals surface area contributed by atoms with Gasteiger partial charge in [-0.2, -0.15) is 0 Å². The van der Waals surface area contributed by atoms with Crippen molar-refractivity contribution in [3.05, 3.63) is 0 Å². The second kappa shape index (κ2) is 12.4. The lowest BCUT2D eigenvalue weighted by Crippen LogP contribution is -2.64. The molecule has 4 unspecified atom stereocenters. The van der Waals surface area contributed by atoms with E-state index in [4.69, 9.17) is 15.6 Å². The number of carbonyl (C=O) groups is 2. The summed E-state index contributed by atoms with van der Waals surface area (Å²) in [6.45, 7) is 4.14. The van der Waals surface area contributed by atoms with Crippen LogP contribution in [0.4, 0.5) is 0 Å². The van der Waals surface area contributed by atoms with Crippen LogP contribution in [0.2, 0.25) is 0 Å². The van der Waals surface area contributed by atoms with E-state index < -0.39 is 30.6 Å². The second-order valence-electron chi connectivity index (χ2n) is 7.06. The highest BCUT2D eigenvalue weighted by molar-refractivity contribution is 6.43. The van der Waals surface area contributed by atoms with Crippen LogP contribution in [0.5, 0.6) is 0 Å². The van der Waals surface area contributed by atoms with Crippen LogP contribution in [0.15, 0.2) is 0 Å². The molecule has 0 spiro atoms. The standard InChI is InChI=1S/C16H33BN2O6/c1-12(11-25-3)9-13(10-20)19-15(17(23)24)16(2,18)8-6-4-5-7-14(21)22/h10,12-13,15,19,23-24H,4-9,11,18H2,1-3H3,(H,21,22). The predicted octanol–water partition coefficient (Wildman–Crippen LogP) is -0.0508. The maximum Gasteiger partial charge on any atom is 0.471 e. The molecule has 8 nitrogen and oxygen atoms in total. The van der Waals surface area contributed by atoms with Crippen molar-refractivity contribution in [2.24, 2.45) is 11.7 Å². The van der Waals surface area contributed by atoms with Gasteiger partial charge in [0.2, 0.25) is 0 Å². The number of aldehydes is 1. The molecular weight excluding hydrogens is 327 g/mol. The smallest absolute Gasteiger partial charge is 0.471 e. The fourth-order valence-corrected chi connectivity index (χ4v) is 2.91. The first-order valence-electron chi connectivity index (χ1n) is 8.71. The maximum atomic E-state index is 11.3. The minimum atomic E-state index is -1.71. The molecule has 0 aromatic heterocycles. The van der Waals surface area contributed by atoms with Crippen molar-refractivity contribution in [1.82, 2.24) is 5.32 Å². The Bertz CT molecular complexity index is 395. The van der Waals surface area contributed by atoms with Gasteiger partial charge in [-0.05, 0) is 32.1 Å². The Morgan fingerprint density at radius 3 is 2.48 bits per heavy atom. The molecule has 0 aromatic carbocycles. The van der Waals surface area contributed by atoms with Crippen LogP contribution in [0, 0.1) is 5.92 Å². The summed E-state index contributed by atoms with van der Waals surface area (Å²) in [7, 11) is -0.129. The number of aliphatic carboxylic acids is 1. The third kappa shape index (κ3) is 10.6. The molecule has 0 aliphatic carbocycles. The Balaban J connectivity index is 4.65. The number of hydrogen-bond donors (Lipinski definition) is 5. The van der Waals surface area contributed by atoms with E-state index in [0.29, 0.717) is 38.7 Å². The van der Waals surface area contributed by atoms with E-state index in [1.54, 1.807) is 14.0 Å². The van der Waals surface area contributed by atoms with Crippen LogP contribution >= 0.6 is 0 Å². The highest BCUT2D eigenvalue weighted by atomic mass is 16.5. The van der Waals surface area contributed by atoms with Crippen molar-refractivity contribution in [3.63, 3.8) is 0 Å². The molecule has 0 radical (unpaired) electrons. The van der Waals surface area contributed by atoms with Crippen LogP contribution in [0.3, 0.4) is 0 Å². The van der Waals surface area contributed by atoms with Crippen LogP contribution in [0.1, 0.15) is 52.4 Å². The number of unbranched alkanes of at least 4 members (excludes halogenated alkanes) is 2. The summed E-state index contributed by atoms with van der Waals surface area (Å²) >= 11 is 0. The van der Waals surface area contributed by atoms with Crippen molar-refractivity contribution < 1.29 is 29.5 Å². The molecule has 0 aliphatic rings. The SMILES string of the molecule is COCC(C)CC(C=O)NC(B(O)O)C(C)(N)CCCCCC(=O)O. The molecule has 0 saturated carbocycles. The summed E-state index contributed by atoms with van der Waals surface area (Å²) in [6.07, 6.45) is 3.72. The fraction of sp³-hybridized carbons (Fsp3) is 0.875. The van der Waals surface area contributed by atoms with Gasteiger partial charge in [0.15, 0.2) is 0 Å². The molecular formula is C16H33BN2O6. The highest BCUT2D eigenvalue weighted by Crippen LogP contribution is 2.19. The molecule has 0 saturated heterocycles. The minimum Gasteiger partial charge on any atom is -0.481 e. The molecule has 0 amide bonds. The van der Waals surface area contributed by atoms with Gasteiger partial charge in [0.25, 0.3) is 0 Å². The molecule has 0 aromatic rings. The van der Waals surface area contributed by atoms with Crippen LogP contribution < -0.4 is 11.1 Å². The average Bonchev–Trinajstić information content (AvgIpc) is 2.50. The Morgan fingerprint density at radius 2 is 2.00 bits per heavy atom. The van der Waals surface area contributed by atoms with Crippen LogP contribution in [0.25, 0.3) is 0 Å². The number of ether oxygens (including phenoxy) is 1. The molecule has 9 heteroatoms. The zero-order chi connectivity index (χ0) is 19.5. The quantitative estimate of drug-likeness (QED) is 0.155. The van der Waals surface area contributed by atoms with Gasteiger partial charge < -0.3 is 35.7 Å². The zero-order valence-electron chi connectivity index (χ0n) is 15.5. The van der Waals surface area contributed by atoms with Gasteiger partial charge in [0.1, 0.15) is 6.29 Å². The van der Waals surface area contributed by atoms with E-state index in [2.05, 4.69) is 5.32 Å². The van der Waals surface area contributed by atoms with E-state index in [-0.39, 0.29) is 12.3 Å². The van der Waals surface area contributed by atoms with E-state index in [9.17, 15) is 19.6 Å². The molecule has 0 heterocycles. The van der Waals surface area contributed by atoms with Gasteiger partial charge in [-0.25, -0.2) is 0 Å².